The zero-order chi connectivity index (χ0) is 12.5. The van der Waals surface area contributed by atoms with E-state index in [0.717, 1.165) is 12.8 Å². The molecular weight excluding hydrogens is 208 g/mol. The van der Waals surface area contributed by atoms with Crippen LogP contribution in [0.2, 0.25) is 0 Å². The second kappa shape index (κ2) is 8.26. The van der Waals surface area contributed by atoms with Gasteiger partial charge < -0.3 is 0 Å². The summed E-state index contributed by atoms with van der Waals surface area (Å²) in [5.41, 5.74) is 4.41. The minimum atomic E-state index is 0.397. The zero-order valence-corrected chi connectivity index (χ0v) is 11.2. The molecule has 0 saturated carbocycles. The summed E-state index contributed by atoms with van der Waals surface area (Å²) in [4.78, 5) is 0. The molecule has 96 valence electrons. The van der Waals surface area contributed by atoms with E-state index in [-0.39, 0.29) is 0 Å². The molecule has 0 aliphatic rings. The molecule has 0 amide bonds. The van der Waals surface area contributed by atoms with E-state index in [0.29, 0.717) is 12.0 Å². The smallest absolute Gasteiger partial charge is 0.0279 e. The van der Waals surface area contributed by atoms with Crippen molar-refractivity contribution in [2.75, 3.05) is 0 Å². The van der Waals surface area contributed by atoms with Crippen LogP contribution >= 0.6 is 0 Å². The molecule has 3 N–H and O–H groups in total. The maximum atomic E-state index is 5.72. The lowest BCUT2D eigenvalue weighted by Gasteiger charge is -2.26. The van der Waals surface area contributed by atoms with Gasteiger partial charge in [-0.3, -0.25) is 11.3 Å². The van der Waals surface area contributed by atoms with Gasteiger partial charge in [0.15, 0.2) is 0 Å². The zero-order valence-electron chi connectivity index (χ0n) is 11.2. The molecule has 1 aromatic carbocycles. The van der Waals surface area contributed by atoms with Gasteiger partial charge in [-0.15, -0.1) is 0 Å². The Morgan fingerprint density at radius 3 is 2.35 bits per heavy atom. The third-order valence-corrected chi connectivity index (χ3v) is 3.49. The van der Waals surface area contributed by atoms with Crippen molar-refractivity contribution in [1.29, 1.82) is 0 Å². The van der Waals surface area contributed by atoms with E-state index in [1.807, 2.05) is 0 Å². The van der Waals surface area contributed by atoms with E-state index in [4.69, 9.17) is 5.84 Å². The molecule has 1 rings (SSSR count). The normalized spacial score (nSPS) is 14.5. The summed E-state index contributed by atoms with van der Waals surface area (Å²) < 4.78 is 0. The number of benzene rings is 1. The lowest BCUT2D eigenvalue weighted by Crippen LogP contribution is -2.39. The minimum Gasteiger partial charge on any atom is -0.271 e. The average molecular weight is 234 g/mol. The molecule has 0 aromatic heterocycles. The van der Waals surface area contributed by atoms with Gasteiger partial charge in [-0.25, -0.2) is 0 Å². The van der Waals surface area contributed by atoms with Crippen LogP contribution < -0.4 is 11.3 Å². The van der Waals surface area contributed by atoms with Crippen LogP contribution in [0.15, 0.2) is 30.3 Å². The Morgan fingerprint density at radius 1 is 1.12 bits per heavy atom. The standard InChI is InChI=1S/C15H26N2/c1-3-5-7-12-15(17-16)14(4-2)13-10-8-6-9-11-13/h6,8-11,14-15,17H,3-5,7,12,16H2,1-2H3. The van der Waals surface area contributed by atoms with Crippen LogP contribution in [0.4, 0.5) is 0 Å². The molecule has 2 atom stereocenters. The lowest BCUT2D eigenvalue weighted by atomic mass is 9.86. The third kappa shape index (κ3) is 4.49. The Morgan fingerprint density at radius 2 is 1.82 bits per heavy atom. The van der Waals surface area contributed by atoms with Crippen molar-refractivity contribution in [3.8, 4) is 0 Å². The maximum absolute atomic E-state index is 5.72. The van der Waals surface area contributed by atoms with Crippen molar-refractivity contribution < 1.29 is 0 Å². The van der Waals surface area contributed by atoms with Gasteiger partial charge in [-0.2, -0.15) is 0 Å². The molecular formula is C15H26N2. The fourth-order valence-electron chi connectivity index (χ4n) is 2.47. The number of hydrazine groups is 1. The third-order valence-electron chi connectivity index (χ3n) is 3.49. The largest absolute Gasteiger partial charge is 0.271 e. The molecule has 0 radical (unpaired) electrons. The van der Waals surface area contributed by atoms with Crippen LogP contribution in [0.25, 0.3) is 0 Å². The van der Waals surface area contributed by atoms with Crippen molar-refractivity contribution in [3.63, 3.8) is 0 Å². The van der Waals surface area contributed by atoms with Crippen molar-refractivity contribution in [2.45, 2.75) is 57.9 Å². The number of rotatable bonds is 8. The van der Waals surface area contributed by atoms with Crippen molar-refractivity contribution in [2.24, 2.45) is 5.84 Å². The number of hydrogen-bond acceptors (Lipinski definition) is 2. The number of nitrogens with two attached hydrogens (primary N) is 1. The van der Waals surface area contributed by atoms with Crippen LogP contribution in [-0.4, -0.2) is 6.04 Å². The Labute approximate surface area is 106 Å². The van der Waals surface area contributed by atoms with Gasteiger partial charge in [0.05, 0.1) is 0 Å². The SMILES string of the molecule is CCCCCC(NN)C(CC)c1ccccc1. The minimum absolute atomic E-state index is 0.397. The van der Waals surface area contributed by atoms with Gasteiger partial charge in [0.2, 0.25) is 0 Å². The van der Waals surface area contributed by atoms with Crippen LogP contribution in [0.1, 0.15) is 57.4 Å². The van der Waals surface area contributed by atoms with Gasteiger partial charge >= 0.3 is 0 Å². The first kappa shape index (κ1) is 14.2. The Bertz CT molecular complexity index is 284. The summed E-state index contributed by atoms with van der Waals surface area (Å²) in [7, 11) is 0. The first-order valence-electron chi connectivity index (χ1n) is 6.84. The predicted octanol–water partition coefficient (Wildman–Crippen LogP) is 3.59. The summed E-state index contributed by atoms with van der Waals surface area (Å²) in [5, 5.41) is 0. The first-order chi connectivity index (χ1) is 8.33. The highest BCUT2D eigenvalue weighted by Gasteiger charge is 2.19. The molecule has 0 aliphatic heterocycles. The van der Waals surface area contributed by atoms with E-state index in [2.05, 4.69) is 49.6 Å². The topological polar surface area (TPSA) is 38.0 Å². The van der Waals surface area contributed by atoms with Crippen molar-refractivity contribution >= 4 is 0 Å². The highest BCUT2D eigenvalue weighted by Crippen LogP contribution is 2.25. The van der Waals surface area contributed by atoms with E-state index >= 15 is 0 Å². The van der Waals surface area contributed by atoms with E-state index in [1.54, 1.807) is 0 Å². The van der Waals surface area contributed by atoms with Crippen molar-refractivity contribution in [3.05, 3.63) is 35.9 Å². The molecule has 0 fully saturated rings. The molecule has 0 spiro atoms. The van der Waals surface area contributed by atoms with Crippen LogP contribution in [0.5, 0.6) is 0 Å². The number of nitrogens with one attached hydrogen (secondary N) is 1. The predicted molar refractivity (Wildman–Crippen MR) is 74.7 cm³/mol. The molecule has 0 aliphatic carbocycles. The van der Waals surface area contributed by atoms with Crippen molar-refractivity contribution in [1.82, 2.24) is 5.43 Å². The summed E-state index contributed by atoms with van der Waals surface area (Å²) in [6.07, 6.45) is 6.11. The van der Waals surface area contributed by atoms with E-state index in [9.17, 15) is 0 Å². The molecule has 2 unspecified atom stereocenters. The fraction of sp³-hybridized carbons (Fsp3) is 0.600. The summed E-state index contributed by atoms with van der Waals surface area (Å²) >= 11 is 0. The summed E-state index contributed by atoms with van der Waals surface area (Å²) in [5.74, 6) is 6.24. The van der Waals surface area contributed by atoms with E-state index < -0.39 is 0 Å². The molecule has 0 heterocycles. The first-order valence-corrected chi connectivity index (χ1v) is 6.84. The van der Waals surface area contributed by atoms with Gasteiger partial charge in [-0.1, -0.05) is 63.4 Å². The van der Waals surface area contributed by atoms with E-state index in [1.165, 1.54) is 24.8 Å². The number of unbranched alkanes of at least 4 members (excludes halogenated alkanes) is 2. The summed E-state index contributed by atoms with van der Waals surface area (Å²) in [6, 6.07) is 11.1. The molecule has 17 heavy (non-hydrogen) atoms. The Hall–Kier alpha value is -0.860. The van der Waals surface area contributed by atoms with Crippen LogP contribution in [0, 0.1) is 0 Å². The highest BCUT2D eigenvalue weighted by molar-refractivity contribution is 5.21. The van der Waals surface area contributed by atoms with Crippen LogP contribution in [-0.2, 0) is 0 Å². The highest BCUT2D eigenvalue weighted by atomic mass is 15.2. The molecule has 2 nitrogen and oxygen atoms in total. The van der Waals surface area contributed by atoms with Gasteiger partial charge in [0.1, 0.15) is 0 Å². The monoisotopic (exact) mass is 234 g/mol. The lowest BCUT2D eigenvalue weighted by molar-refractivity contribution is 0.392. The molecule has 2 heteroatoms. The fourth-order valence-corrected chi connectivity index (χ4v) is 2.47. The van der Waals surface area contributed by atoms with Gasteiger partial charge in [-0.05, 0) is 18.4 Å². The van der Waals surface area contributed by atoms with Crippen LogP contribution in [0.3, 0.4) is 0 Å². The van der Waals surface area contributed by atoms with Gasteiger partial charge in [0.25, 0.3) is 0 Å². The maximum Gasteiger partial charge on any atom is 0.0279 e. The summed E-state index contributed by atoms with van der Waals surface area (Å²) in [6.45, 7) is 4.47. The Kier molecular flexibility index (Phi) is 6.90. The second-order valence-corrected chi connectivity index (χ2v) is 4.69. The quantitative estimate of drug-likeness (QED) is 0.410. The second-order valence-electron chi connectivity index (χ2n) is 4.69. The van der Waals surface area contributed by atoms with Gasteiger partial charge in [0, 0.05) is 12.0 Å². The molecule has 0 saturated heterocycles. The molecule has 0 bridgehead atoms. The Balaban J connectivity index is 2.63. The average Bonchev–Trinajstić information content (AvgIpc) is 2.39. The number of hydrogen-bond donors (Lipinski definition) is 2. The molecule has 1 aromatic rings.